The summed E-state index contributed by atoms with van der Waals surface area (Å²) in [5.74, 6) is -0.542. The highest BCUT2D eigenvalue weighted by Gasteiger charge is 2.30. The normalized spacial score (nSPS) is 11.7. The number of rotatable bonds is 10. The van der Waals surface area contributed by atoms with Crippen LogP contribution in [-0.4, -0.2) is 48.8 Å². The van der Waals surface area contributed by atoms with Crippen molar-refractivity contribution < 1.29 is 37.0 Å². The number of hydrogen-bond acceptors (Lipinski definition) is 8. The van der Waals surface area contributed by atoms with E-state index in [1.54, 1.807) is 45.2 Å². The number of methoxy groups -OCH3 is 1. The number of alkyl halides is 3. The Balaban J connectivity index is 1.62. The van der Waals surface area contributed by atoms with Gasteiger partial charge in [0.2, 0.25) is 0 Å². The van der Waals surface area contributed by atoms with E-state index in [0.29, 0.717) is 28.4 Å². The molecule has 0 spiro atoms. The minimum atomic E-state index is -4.78. The van der Waals surface area contributed by atoms with Crippen molar-refractivity contribution in [1.29, 1.82) is 5.41 Å². The van der Waals surface area contributed by atoms with Gasteiger partial charge in [0.25, 0.3) is 0 Å². The average Bonchev–Trinajstić information content (AvgIpc) is 2.98. The van der Waals surface area contributed by atoms with Crippen LogP contribution in [-0.2, 0) is 9.53 Å². The van der Waals surface area contributed by atoms with E-state index >= 15 is 0 Å². The summed E-state index contributed by atoms with van der Waals surface area (Å²) in [7, 11) is 1.57. The third-order valence-electron chi connectivity index (χ3n) is 5.93. The Hall–Kier alpha value is -5.05. The van der Waals surface area contributed by atoms with Gasteiger partial charge in [-0.05, 0) is 97.4 Å². The third kappa shape index (κ3) is 11.5. The van der Waals surface area contributed by atoms with Gasteiger partial charge in [0.1, 0.15) is 17.4 Å². The number of thioether (sulfide) groups is 1. The van der Waals surface area contributed by atoms with Gasteiger partial charge in [-0.15, -0.1) is 13.2 Å². The van der Waals surface area contributed by atoms with Gasteiger partial charge in [0, 0.05) is 16.9 Å². The van der Waals surface area contributed by atoms with Crippen LogP contribution < -0.4 is 25.4 Å². The first-order valence-electron chi connectivity index (χ1n) is 13.7. The Morgan fingerprint density at radius 1 is 0.978 bits per heavy atom. The number of anilines is 2. The Kier molecular flexibility index (Phi) is 12.6. The fraction of sp³-hybridized carbons (Fsp3) is 0.258. The number of urea groups is 1. The number of nitrogens with one attached hydrogen (secondary N) is 4. The highest BCUT2D eigenvalue weighted by atomic mass is 32.2. The molecule has 3 aromatic carbocycles. The van der Waals surface area contributed by atoms with Gasteiger partial charge in [-0.25, -0.2) is 14.8 Å². The van der Waals surface area contributed by atoms with Gasteiger partial charge >= 0.3 is 18.4 Å². The SMILES string of the molecule is COc1cc(C)c(/N=C(\NC(=O)Nc2ccc(C(=N)/N=C\Nc3ccc(OC(F)(F)F)cc3)cc2)SCOC(=O)C(C)C)c(C)c1. The minimum Gasteiger partial charge on any atom is -0.497 e. The highest BCUT2D eigenvalue weighted by molar-refractivity contribution is 8.13. The lowest BCUT2D eigenvalue weighted by Gasteiger charge is -2.13. The Bertz CT molecular complexity index is 1570. The number of hydrogen-bond donors (Lipinski definition) is 4. The summed E-state index contributed by atoms with van der Waals surface area (Å²) in [6, 6.07) is 14.4. The summed E-state index contributed by atoms with van der Waals surface area (Å²) in [5.41, 5.74) is 3.57. The number of amides is 2. The summed E-state index contributed by atoms with van der Waals surface area (Å²) in [4.78, 5) is 33.4. The van der Waals surface area contributed by atoms with Gasteiger partial charge in [-0.2, -0.15) is 0 Å². The summed E-state index contributed by atoms with van der Waals surface area (Å²) in [5, 5.41) is 16.5. The topological polar surface area (TPSA) is 146 Å². The van der Waals surface area contributed by atoms with E-state index in [1.807, 2.05) is 26.0 Å². The smallest absolute Gasteiger partial charge is 0.497 e. The van der Waals surface area contributed by atoms with Crippen molar-refractivity contribution >= 4 is 58.2 Å². The molecule has 0 saturated carbocycles. The fourth-order valence-corrected chi connectivity index (χ4v) is 4.30. The number of aliphatic imine (C=N–C) groups is 2. The number of halogens is 3. The van der Waals surface area contributed by atoms with Crippen molar-refractivity contribution in [2.75, 3.05) is 23.7 Å². The van der Waals surface area contributed by atoms with Crippen molar-refractivity contribution in [3.05, 3.63) is 77.4 Å². The number of esters is 1. The molecule has 2 amide bonds. The maximum Gasteiger partial charge on any atom is 0.573 e. The van der Waals surface area contributed by atoms with Crippen LogP contribution in [0.5, 0.6) is 11.5 Å². The first-order valence-corrected chi connectivity index (χ1v) is 14.7. The first kappa shape index (κ1) is 35.4. The van der Waals surface area contributed by atoms with Crippen LogP contribution >= 0.6 is 11.8 Å². The van der Waals surface area contributed by atoms with Crippen LogP contribution in [0.4, 0.5) is 35.0 Å². The van der Waals surface area contributed by atoms with E-state index in [1.165, 1.54) is 18.5 Å². The second-order valence-corrected chi connectivity index (χ2v) is 10.8. The van der Waals surface area contributed by atoms with Crippen molar-refractivity contribution in [3.63, 3.8) is 0 Å². The van der Waals surface area contributed by atoms with Crippen molar-refractivity contribution in [1.82, 2.24) is 5.32 Å². The standard InChI is InChI=1S/C31H33F3N6O5S/c1-18(2)28(41)44-17-46-30(39-26-19(3)14-25(43-5)15-20(26)4)40-29(42)38-23-8-6-21(7-9-23)27(35)37-16-36-22-10-12-24(13-11-22)45-31(32,33)34/h6-16,18H,17H2,1-5H3,(H2,35,36,37)(H2,38,39,40,42). The van der Waals surface area contributed by atoms with Crippen LogP contribution in [0.3, 0.4) is 0 Å². The predicted molar refractivity (Wildman–Crippen MR) is 174 cm³/mol. The molecule has 0 aliphatic rings. The van der Waals surface area contributed by atoms with Crippen LogP contribution in [0, 0.1) is 25.2 Å². The van der Waals surface area contributed by atoms with Gasteiger partial charge in [-0.1, -0.05) is 13.8 Å². The molecular weight excluding hydrogens is 625 g/mol. The summed E-state index contributed by atoms with van der Waals surface area (Å²) in [6.07, 6.45) is -3.55. The third-order valence-corrected chi connectivity index (χ3v) is 6.63. The maximum atomic E-state index is 12.9. The second-order valence-electron chi connectivity index (χ2n) is 9.89. The van der Waals surface area contributed by atoms with Gasteiger partial charge in [0.15, 0.2) is 11.0 Å². The zero-order chi connectivity index (χ0) is 33.9. The number of ether oxygens (including phenoxy) is 3. The van der Waals surface area contributed by atoms with E-state index in [4.69, 9.17) is 14.9 Å². The fourth-order valence-electron chi connectivity index (χ4n) is 3.69. The van der Waals surface area contributed by atoms with Crippen LogP contribution in [0.1, 0.15) is 30.5 Å². The molecule has 3 aromatic rings. The maximum absolute atomic E-state index is 12.9. The molecule has 0 unspecified atom stereocenters. The Morgan fingerprint density at radius 3 is 2.15 bits per heavy atom. The molecule has 0 saturated heterocycles. The summed E-state index contributed by atoms with van der Waals surface area (Å²) < 4.78 is 51.3. The number of carbonyl (C=O) groups is 2. The number of benzene rings is 3. The van der Waals surface area contributed by atoms with Crippen LogP contribution in [0.15, 0.2) is 70.6 Å². The monoisotopic (exact) mass is 658 g/mol. The molecule has 0 fully saturated rings. The number of aryl methyl sites for hydroxylation is 2. The largest absolute Gasteiger partial charge is 0.573 e. The summed E-state index contributed by atoms with van der Waals surface area (Å²) in [6.45, 7) is 7.17. The molecule has 3 rings (SSSR count). The highest BCUT2D eigenvalue weighted by Crippen LogP contribution is 2.30. The molecule has 244 valence electrons. The molecular formula is C31H33F3N6O5S. The van der Waals surface area contributed by atoms with Crippen molar-refractivity contribution in [2.45, 2.75) is 34.1 Å². The van der Waals surface area contributed by atoms with E-state index in [0.717, 1.165) is 35.0 Å². The molecule has 15 heteroatoms. The Morgan fingerprint density at radius 2 is 1.59 bits per heavy atom. The molecule has 0 aliphatic heterocycles. The summed E-state index contributed by atoms with van der Waals surface area (Å²) >= 11 is 1.05. The zero-order valence-corrected chi connectivity index (χ0v) is 26.4. The molecule has 0 bridgehead atoms. The van der Waals surface area contributed by atoms with Gasteiger partial charge < -0.3 is 24.8 Å². The second kappa shape index (κ2) is 16.3. The van der Waals surface area contributed by atoms with E-state index in [9.17, 15) is 22.8 Å². The molecule has 0 atom stereocenters. The minimum absolute atomic E-state index is 0.0612. The zero-order valence-electron chi connectivity index (χ0n) is 25.6. The van der Waals surface area contributed by atoms with Crippen molar-refractivity contribution in [3.8, 4) is 11.5 Å². The Labute approximate surface area is 268 Å². The van der Waals surface area contributed by atoms with E-state index in [-0.39, 0.29) is 34.6 Å². The lowest BCUT2D eigenvalue weighted by Crippen LogP contribution is -2.33. The molecule has 4 N–H and O–H groups in total. The molecule has 0 aromatic heterocycles. The molecule has 0 aliphatic carbocycles. The van der Waals surface area contributed by atoms with Gasteiger partial charge in [-0.3, -0.25) is 15.5 Å². The molecule has 11 nitrogen and oxygen atoms in total. The molecule has 0 heterocycles. The van der Waals surface area contributed by atoms with E-state index < -0.39 is 12.4 Å². The van der Waals surface area contributed by atoms with Crippen LogP contribution in [0.25, 0.3) is 0 Å². The first-order chi connectivity index (χ1) is 21.7. The number of amidine groups is 2. The average molecular weight is 659 g/mol. The quantitative estimate of drug-likeness (QED) is 0.0770. The lowest BCUT2D eigenvalue weighted by atomic mass is 10.1. The predicted octanol–water partition coefficient (Wildman–Crippen LogP) is 7.38. The number of nitrogens with zero attached hydrogens (tertiary/aromatic N) is 2. The lowest BCUT2D eigenvalue weighted by molar-refractivity contribution is -0.274. The number of carbonyl (C=O) groups excluding carboxylic acids is 2. The van der Waals surface area contributed by atoms with Crippen LogP contribution in [0.2, 0.25) is 0 Å². The molecule has 46 heavy (non-hydrogen) atoms. The van der Waals surface area contributed by atoms with Crippen molar-refractivity contribution in [2.24, 2.45) is 15.9 Å². The van der Waals surface area contributed by atoms with E-state index in [2.05, 4.69) is 30.7 Å². The molecule has 0 radical (unpaired) electrons. The van der Waals surface area contributed by atoms with Gasteiger partial charge in [0.05, 0.1) is 25.1 Å².